The van der Waals surface area contributed by atoms with Gasteiger partial charge in [-0.2, -0.15) is 0 Å². The molecule has 1 aromatic heterocycles. The van der Waals surface area contributed by atoms with Crippen molar-refractivity contribution in [1.29, 1.82) is 0 Å². The Balaban J connectivity index is 2.47. The van der Waals surface area contributed by atoms with Gasteiger partial charge in [-0.1, -0.05) is 11.6 Å². The summed E-state index contributed by atoms with van der Waals surface area (Å²) in [6.45, 7) is 0.235. The first kappa shape index (κ1) is 13.4. The highest BCUT2D eigenvalue weighted by atomic mass is 35.5. The van der Waals surface area contributed by atoms with Crippen LogP contribution in [0.5, 0.6) is 5.75 Å². The average molecular weight is 281 g/mol. The molecule has 0 bridgehead atoms. The lowest BCUT2D eigenvalue weighted by atomic mass is 10.2. The second kappa shape index (κ2) is 5.32. The van der Waals surface area contributed by atoms with Crippen molar-refractivity contribution in [2.45, 2.75) is 6.54 Å². The summed E-state index contributed by atoms with van der Waals surface area (Å²) in [6.07, 6.45) is 3.10. The minimum absolute atomic E-state index is 0.235. The first-order valence-corrected chi connectivity index (χ1v) is 5.99. The molecule has 1 aromatic carbocycles. The van der Waals surface area contributed by atoms with Gasteiger partial charge in [-0.3, -0.25) is 9.59 Å². The Bertz CT molecular complexity index is 719. The minimum atomic E-state index is -0.577. The zero-order valence-electron chi connectivity index (χ0n) is 10.6. The number of hydrogen-bond acceptors (Lipinski definition) is 3. The zero-order chi connectivity index (χ0) is 14.0. The number of benzene rings is 1. The maximum Gasteiger partial charge on any atom is 0.316 e. The predicted molar refractivity (Wildman–Crippen MR) is 73.0 cm³/mol. The van der Waals surface area contributed by atoms with Crippen molar-refractivity contribution in [2.75, 3.05) is 7.11 Å². The molecule has 0 N–H and O–H groups in total. The maximum absolute atomic E-state index is 11.8. The summed E-state index contributed by atoms with van der Waals surface area (Å²) < 4.78 is 7.78. The monoisotopic (exact) mass is 280 g/mol. The molecule has 0 radical (unpaired) electrons. The van der Waals surface area contributed by atoms with Crippen LogP contribution in [-0.4, -0.2) is 16.2 Å². The molecular formula is C13H13ClN2O3. The molecule has 0 aliphatic carbocycles. The van der Waals surface area contributed by atoms with Crippen molar-refractivity contribution in [3.05, 3.63) is 61.9 Å². The molecule has 2 rings (SSSR count). The van der Waals surface area contributed by atoms with Crippen LogP contribution in [0.15, 0.2) is 40.2 Å². The van der Waals surface area contributed by atoms with E-state index >= 15 is 0 Å². The highest BCUT2D eigenvalue weighted by Crippen LogP contribution is 2.22. The van der Waals surface area contributed by atoms with Gasteiger partial charge in [0.1, 0.15) is 5.75 Å². The first-order valence-electron chi connectivity index (χ1n) is 5.61. The van der Waals surface area contributed by atoms with Gasteiger partial charge in [0.2, 0.25) is 0 Å². The molecule has 0 spiro atoms. The molecule has 0 saturated heterocycles. The Morgan fingerprint density at radius 2 is 1.95 bits per heavy atom. The van der Waals surface area contributed by atoms with Crippen molar-refractivity contribution in [1.82, 2.24) is 9.13 Å². The van der Waals surface area contributed by atoms with E-state index in [1.54, 1.807) is 37.7 Å². The second-order valence-electron chi connectivity index (χ2n) is 4.10. The Morgan fingerprint density at radius 1 is 1.21 bits per heavy atom. The Labute approximate surface area is 114 Å². The van der Waals surface area contributed by atoms with Gasteiger partial charge in [-0.25, -0.2) is 0 Å². The van der Waals surface area contributed by atoms with E-state index in [1.165, 1.54) is 16.2 Å². The van der Waals surface area contributed by atoms with Crippen LogP contribution in [0.1, 0.15) is 5.56 Å². The third-order valence-electron chi connectivity index (χ3n) is 2.82. The Morgan fingerprint density at radius 3 is 2.63 bits per heavy atom. The Hall–Kier alpha value is -2.01. The summed E-state index contributed by atoms with van der Waals surface area (Å²) in [5, 5.41) is 0.549. The molecule has 19 heavy (non-hydrogen) atoms. The third-order valence-corrected chi connectivity index (χ3v) is 3.05. The van der Waals surface area contributed by atoms with Crippen LogP contribution in [0.4, 0.5) is 0 Å². The van der Waals surface area contributed by atoms with Crippen LogP contribution < -0.4 is 15.9 Å². The molecule has 5 nitrogen and oxygen atoms in total. The van der Waals surface area contributed by atoms with Crippen molar-refractivity contribution in [3.63, 3.8) is 0 Å². The van der Waals surface area contributed by atoms with Crippen molar-refractivity contribution >= 4 is 11.6 Å². The number of rotatable bonds is 3. The molecule has 2 aromatic rings. The third kappa shape index (κ3) is 2.71. The van der Waals surface area contributed by atoms with Gasteiger partial charge in [0.25, 0.3) is 0 Å². The lowest BCUT2D eigenvalue weighted by Gasteiger charge is -2.11. The number of hydrogen-bond donors (Lipinski definition) is 0. The van der Waals surface area contributed by atoms with Gasteiger partial charge in [-0.15, -0.1) is 0 Å². The number of methoxy groups -OCH3 is 1. The van der Waals surface area contributed by atoms with Gasteiger partial charge in [0, 0.05) is 30.0 Å². The molecule has 100 valence electrons. The molecule has 0 unspecified atom stereocenters. The molecule has 0 aliphatic rings. The summed E-state index contributed by atoms with van der Waals surface area (Å²) in [7, 11) is 3.08. The van der Waals surface area contributed by atoms with E-state index in [2.05, 4.69) is 0 Å². The Kier molecular flexibility index (Phi) is 3.76. The van der Waals surface area contributed by atoms with Gasteiger partial charge in [0.15, 0.2) is 0 Å². The lowest BCUT2D eigenvalue weighted by Crippen LogP contribution is -2.39. The van der Waals surface area contributed by atoms with Gasteiger partial charge < -0.3 is 13.9 Å². The van der Waals surface area contributed by atoms with Gasteiger partial charge in [0.05, 0.1) is 13.7 Å². The van der Waals surface area contributed by atoms with Crippen LogP contribution in [0.2, 0.25) is 5.02 Å². The van der Waals surface area contributed by atoms with E-state index in [0.717, 1.165) is 5.56 Å². The SMILES string of the molecule is COc1ccc(Cl)cc1Cn1ccn(C)c(=O)c1=O. The molecule has 0 saturated carbocycles. The van der Waals surface area contributed by atoms with Crippen LogP contribution in [0.3, 0.4) is 0 Å². The number of nitrogens with zero attached hydrogens (tertiary/aromatic N) is 2. The van der Waals surface area contributed by atoms with E-state index in [9.17, 15) is 9.59 Å². The van der Waals surface area contributed by atoms with E-state index < -0.39 is 11.1 Å². The molecular weight excluding hydrogens is 268 g/mol. The number of halogens is 1. The number of aromatic nitrogens is 2. The van der Waals surface area contributed by atoms with E-state index in [0.29, 0.717) is 10.8 Å². The topological polar surface area (TPSA) is 53.2 Å². The minimum Gasteiger partial charge on any atom is -0.496 e. The van der Waals surface area contributed by atoms with E-state index in [4.69, 9.17) is 16.3 Å². The fraction of sp³-hybridized carbons (Fsp3) is 0.231. The average Bonchev–Trinajstić information content (AvgIpc) is 2.40. The van der Waals surface area contributed by atoms with Crippen LogP contribution in [0, 0.1) is 0 Å². The van der Waals surface area contributed by atoms with Crippen LogP contribution >= 0.6 is 11.6 Å². The largest absolute Gasteiger partial charge is 0.496 e. The van der Waals surface area contributed by atoms with Gasteiger partial charge in [-0.05, 0) is 18.2 Å². The molecule has 0 aliphatic heterocycles. The molecule has 1 heterocycles. The molecule has 0 amide bonds. The normalized spacial score (nSPS) is 10.5. The van der Waals surface area contributed by atoms with Crippen molar-refractivity contribution in [3.8, 4) is 5.75 Å². The predicted octanol–water partition coefficient (Wildman–Crippen LogP) is 1.26. The highest BCUT2D eigenvalue weighted by Gasteiger charge is 2.08. The zero-order valence-corrected chi connectivity index (χ0v) is 11.3. The second-order valence-corrected chi connectivity index (χ2v) is 4.54. The summed E-state index contributed by atoms with van der Waals surface area (Å²) >= 11 is 5.93. The fourth-order valence-electron chi connectivity index (χ4n) is 1.77. The summed E-state index contributed by atoms with van der Waals surface area (Å²) in [4.78, 5) is 23.4. The van der Waals surface area contributed by atoms with Crippen LogP contribution in [-0.2, 0) is 13.6 Å². The lowest BCUT2D eigenvalue weighted by molar-refractivity contribution is 0.408. The highest BCUT2D eigenvalue weighted by molar-refractivity contribution is 6.30. The first-order chi connectivity index (χ1) is 9.02. The quantitative estimate of drug-likeness (QED) is 0.796. The van der Waals surface area contributed by atoms with Crippen molar-refractivity contribution < 1.29 is 4.74 Å². The molecule has 0 fully saturated rings. The van der Waals surface area contributed by atoms with Crippen molar-refractivity contribution in [2.24, 2.45) is 7.05 Å². The fourth-order valence-corrected chi connectivity index (χ4v) is 1.96. The van der Waals surface area contributed by atoms with Gasteiger partial charge >= 0.3 is 11.1 Å². The standard InChI is InChI=1S/C13H13ClN2O3/c1-15-5-6-16(13(18)12(15)17)8-9-7-10(14)3-4-11(9)19-2/h3-7H,8H2,1-2H3. The van der Waals surface area contributed by atoms with Crippen LogP contribution in [0.25, 0.3) is 0 Å². The summed E-state index contributed by atoms with van der Waals surface area (Å²) in [5.41, 5.74) is -0.402. The molecule has 6 heteroatoms. The molecule has 0 atom stereocenters. The number of aryl methyl sites for hydroxylation is 1. The van der Waals surface area contributed by atoms with E-state index in [-0.39, 0.29) is 6.54 Å². The van der Waals surface area contributed by atoms with E-state index in [1.807, 2.05) is 0 Å². The summed E-state index contributed by atoms with van der Waals surface area (Å²) in [6, 6.07) is 5.14. The maximum atomic E-state index is 11.8. The smallest absolute Gasteiger partial charge is 0.316 e. The number of ether oxygens (including phenoxy) is 1. The summed E-state index contributed by atoms with van der Waals surface area (Å²) in [5.74, 6) is 0.622.